The monoisotopic (exact) mass is 280 g/mol. The highest BCUT2D eigenvalue weighted by atomic mass is 16.5. The number of hydrogen-bond donors (Lipinski definition) is 1. The molecule has 0 radical (unpaired) electrons. The Kier molecular flexibility index (Phi) is 7.47. The molecule has 0 aliphatic heterocycles. The largest absolute Gasteiger partial charge is 0.475 e. The summed E-state index contributed by atoms with van der Waals surface area (Å²) in [6.45, 7) is 14.1. The molecule has 0 aromatic carbocycles. The molecular formula is C15H28N4O. The van der Waals surface area contributed by atoms with Crippen molar-refractivity contribution in [3.63, 3.8) is 0 Å². The molecule has 5 heteroatoms. The molecule has 0 bridgehead atoms. The van der Waals surface area contributed by atoms with Gasteiger partial charge in [-0.2, -0.15) is 0 Å². The van der Waals surface area contributed by atoms with Crippen molar-refractivity contribution in [1.82, 2.24) is 20.2 Å². The fourth-order valence-electron chi connectivity index (χ4n) is 2.16. The Balaban J connectivity index is 2.45. The molecule has 20 heavy (non-hydrogen) atoms. The van der Waals surface area contributed by atoms with E-state index < -0.39 is 0 Å². The van der Waals surface area contributed by atoms with Crippen molar-refractivity contribution in [2.24, 2.45) is 0 Å². The van der Waals surface area contributed by atoms with Crippen LogP contribution in [-0.2, 0) is 6.54 Å². The summed E-state index contributed by atoms with van der Waals surface area (Å²) in [5.41, 5.74) is 0.911. The molecule has 114 valence electrons. The molecule has 0 spiro atoms. The molecule has 0 amide bonds. The molecule has 0 aliphatic carbocycles. The molecule has 0 saturated carbocycles. The van der Waals surface area contributed by atoms with E-state index in [-0.39, 0.29) is 0 Å². The summed E-state index contributed by atoms with van der Waals surface area (Å²) in [5, 5.41) is 3.23. The van der Waals surface area contributed by atoms with Crippen molar-refractivity contribution >= 4 is 0 Å². The first kappa shape index (κ1) is 16.9. The van der Waals surface area contributed by atoms with Crippen LogP contribution in [0, 0.1) is 0 Å². The van der Waals surface area contributed by atoms with Crippen LogP contribution in [0.2, 0.25) is 0 Å². The standard InChI is InChI=1S/C15H28N4O/c1-6-16-9-14-10-17-11-15(18-14)20-8-7-19(12(2)3)13(4)5/h10-13,16H,6-9H2,1-5H3. The Labute approximate surface area is 122 Å². The van der Waals surface area contributed by atoms with Crippen LogP contribution in [-0.4, -0.2) is 46.6 Å². The topological polar surface area (TPSA) is 50.3 Å². The van der Waals surface area contributed by atoms with Crippen LogP contribution in [0.3, 0.4) is 0 Å². The van der Waals surface area contributed by atoms with E-state index in [0.29, 0.717) is 24.6 Å². The summed E-state index contributed by atoms with van der Waals surface area (Å²) in [4.78, 5) is 11.0. The molecule has 0 atom stereocenters. The maximum absolute atomic E-state index is 5.71. The predicted molar refractivity (Wildman–Crippen MR) is 81.9 cm³/mol. The van der Waals surface area contributed by atoms with Crippen LogP contribution in [0.1, 0.15) is 40.3 Å². The number of nitrogens with zero attached hydrogens (tertiary/aromatic N) is 3. The van der Waals surface area contributed by atoms with E-state index >= 15 is 0 Å². The lowest BCUT2D eigenvalue weighted by Gasteiger charge is -2.30. The second-order valence-electron chi connectivity index (χ2n) is 5.40. The normalized spacial score (nSPS) is 11.6. The quantitative estimate of drug-likeness (QED) is 0.750. The van der Waals surface area contributed by atoms with Crippen LogP contribution in [0.5, 0.6) is 5.88 Å². The van der Waals surface area contributed by atoms with E-state index in [1.54, 1.807) is 12.4 Å². The maximum Gasteiger partial charge on any atom is 0.232 e. The molecule has 1 rings (SSSR count). The third-order valence-electron chi connectivity index (χ3n) is 3.14. The van der Waals surface area contributed by atoms with E-state index in [4.69, 9.17) is 4.74 Å². The van der Waals surface area contributed by atoms with Crippen molar-refractivity contribution in [2.45, 2.75) is 53.2 Å². The molecule has 0 unspecified atom stereocenters. The fraction of sp³-hybridized carbons (Fsp3) is 0.733. The Morgan fingerprint density at radius 3 is 2.50 bits per heavy atom. The number of nitrogens with one attached hydrogen (secondary N) is 1. The van der Waals surface area contributed by atoms with E-state index in [1.807, 2.05) is 0 Å². The summed E-state index contributed by atoms with van der Waals surface area (Å²) in [6.07, 6.45) is 3.44. The summed E-state index contributed by atoms with van der Waals surface area (Å²) in [7, 11) is 0. The maximum atomic E-state index is 5.71. The molecule has 0 fully saturated rings. The van der Waals surface area contributed by atoms with Crippen molar-refractivity contribution in [2.75, 3.05) is 19.7 Å². The highest BCUT2D eigenvalue weighted by molar-refractivity contribution is 5.08. The lowest BCUT2D eigenvalue weighted by molar-refractivity contribution is 0.140. The Morgan fingerprint density at radius 1 is 1.20 bits per heavy atom. The Bertz CT molecular complexity index is 374. The van der Waals surface area contributed by atoms with Gasteiger partial charge in [-0.05, 0) is 34.2 Å². The van der Waals surface area contributed by atoms with Crippen molar-refractivity contribution < 1.29 is 4.74 Å². The van der Waals surface area contributed by atoms with Gasteiger partial charge in [0.1, 0.15) is 6.61 Å². The summed E-state index contributed by atoms with van der Waals surface area (Å²) >= 11 is 0. The van der Waals surface area contributed by atoms with E-state index in [9.17, 15) is 0 Å². The smallest absolute Gasteiger partial charge is 0.232 e. The number of ether oxygens (including phenoxy) is 1. The van der Waals surface area contributed by atoms with Crippen molar-refractivity contribution in [3.05, 3.63) is 18.1 Å². The molecule has 1 heterocycles. The number of aromatic nitrogens is 2. The molecule has 1 aromatic rings. The van der Waals surface area contributed by atoms with Crippen LogP contribution in [0.15, 0.2) is 12.4 Å². The molecule has 5 nitrogen and oxygen atoms in total. The van der Waals surface area contributed by atoms with E-state index in [1.165, 1.54) is 0 Å². The molecular weight excluding hydrogens is 252 g/mol. The lowest BCUT2D eigenvalue weighted by Crippen LogP contribution is -2.39. The van der Waals surface area contributed by atoms with Crippen LogP contribution < -0.4 is 10.1 Å². The van der Waals surface area contributed by atoms with Gasteiger partial charge in [-0.25, -0.2) is 4.98 Å². The Morgan fingerprint density at radius 2 is 1.90 bits per heavy atom. The highest BCUT2D eigenvalue weighted by Crippen LogP contribution is 2.07. The highest BCUT2D eigenvalue weighted by Gasteiger charge is 2.13. The van der Waals surface area contributed by atoms with Gasteiger partial charge in [0, 0.05) is 31.4 Å². The average molecular weight is 280 g/mol. The fourth-order valence-corrected chi connectivity index (χ4v) is 2.16. The minimum Gasteiger partial charge on any atom is -0.475 e. The van der Waals surface area contributed by atoms with Gasteiger partial charge in [-0.15, -0.1) is 0 Å². The molecule has 0 aliphatic rings. The van der Waals surface area contributed by atoms with Gasteiger partial charge >= 0.3 is 0 Å². The average Bonchev–Trinajstić information content (AvgIpc) is 2.41. The minimum atomic E-state index is 0.518. The van der Waals surface area contributed by atoms with Gasteiger partial charge in [0.15, 0.2) is 0 Å². The van der Waals surface area contributed by atoms with Gasteiger partial charge < -0.3 is 10.1 Å². The second kappa shape index (κ2) is 8.87. The molecule has 0 saturated heterocycles. The first-order chi connectivity index (χ1) is 9.54. The van der Waals surface area contributed by atoms with E-state index in [0.717, 1.165) is 25.3 Å². The summed E-state index contributed by atoms with van der Waals surface area (Å²) in [5.74, 6) is 0.605. The van der Waals surface area contributed by atoms with Crippen LogP contribution in [0.4, 0.5) is 0 Å². The second-order valence-corrected chi connectivity index (χ2v) is 5.40. The van der Waals surface area contributed by atoms with Gasteiger partial charge in [0.05, 0.1) is 11.9 Å². The predicted octanol–water partition coefficient (Wildman–Crippen LogP) is 2.08. The van der Waals surface area contributed by atoms with Gasteiger partial charge in [-0.1, -0.05) is 6.92 Å². The number of hydrogen-bond acceptors (Lipinski definition) is 5. The van der Waals surface area contributed by atoms with Crippen molar-refractivity contribution in [3.8, 4) is 5.88 Å². The zero-order chi connectivity index (χ0) is 15.0. The Hall–Kier alpha value is -1.20. The molecule has 1 N–H and O–H groups in total. The van der Waals surface area contributed by atoms with Gasteiger partial charge in [-0.3, -0.25) is 9.88 Å². The van der Waals surface area contributed by atoms with E-state index in [2.05, 4.69) is 54.8 Å². The minimum absolute atomic E-state index is 0.518. The molecule has 1 aromatic heterocycles. The first-order valence-corrected chi connectivity index (χ1v) is 7.44. The first-order valence-electron chi connectivity index (χ1n) is 7.44. The third-order valence-corrected chi connectivity index (χ3v) is 3.14. The third kappa shape index (κ3) is 5.84. The van der Waals surface area contributed by atoms with Gasteiger partial charge in [0.2, 0.25) is 5.88 Å². The SMILES string of the molecule is CCNCc1cncc(OCCN(C(C)C)C(C)C)n1. The zero-order valence-electron chi connectivity index (χ0n) is 13.4. The summed E-state index contributed by atoms with van der Waals surface area (Å²) in [6, 6.07) is 1.04. The summed E-state index contributed by atoms with van der Waals surface area (Å²) < 4.78 is 5.71. The van der Waals surface area contributed by atoms with Crippen LogP contribution in [0.25, 0.3) is 0 Å². The van der Waals surface area contributed by atoms with Crippen molar-refractivity contribution in [1.29, 1.82) is 0 Å². The van der Waals surface area contributed by atoms with Gasteiger partial charge in [0.25, 0.3) is 0 Å². The number of rotatable bonds is 9. The lowest BCUT2D eigenvalue weighted by atomic mass is 10.2. The van der Waals surface area contributed by atoms with Crippen LogP contribution >= 0.6 is 0 Å². The zero-order valence-corrected chi connectivity index (χ0v) is 13.4.